The van der Waals surface area contributed by atoms with Crippen LogP contribution in [0.5, 0.6) is 0 Å². The molecule has 1 unspecified atom stereocenters. The molecular formula is C24H24N2S. The molecule has 1 atom stereocenters. The summed E-state index contributed by atoms with van der Waals surface area (Å²) in [4.78, 5) is 4.91. The van der Waals surface area contributed by atoms with Gasteiger partial charge in [0.05, 0.1) is 11.1 Å². The highest BCUT2D eigenvalue weighted by Gasteiger charge is 2.20. The zero-order valence-corrected chi connectivity index (χ0v) is 16.5. The fraction of sp³-hybridized carbons (Fsp3) is 0.208. The predicted octanol–water partition coefficient (Wildman–Crippen LogP) is 6.46. The summed E-state index contributed by atoms with van der Waals surface area (Å²) in [5, 5.41) is 7.23. The van der Waals surface area contributed by atoms with Gasteiger partial charge in [-0.1, -0.05) is 74.5 Å². The summed E-state index contributed by atoms with van der Waals surface area (Å²) >= 11 is 1.85. The lowest BCUT2D eigenvalue weighted by molar-refractivity contribution is 0.544. The van der Waals surface area contributed by atoms with E-state index in [1.54, 1.807) is 0 Å². The van der Waals surface area contributed by atoms with E-state index in [0.29, 0.717) is 12.0 Å². The van der Waals surface area contributed by atoms with Crippen molar-refractivity contribution >= 4 is 39.0 Å². The fourth-order valence-corrected chi connectivity index (χ4v) is 4.40. The summed E-state index contributed by atoms with van der Waals surface area (Å²) in [6.45, 7) is 4.49. The van der Waals surface area contributed by atoms with Gasteiger partial charge in [0, 0.05) is 17.1 Å². The van der Waals surface area contributed by atoms with E-state index in [1.165, 1.54) is 16.3 Å². The van der Waals surface area contributed by atoms with E-state index in [2.05, 4.69) is 92.0 Å². The molecule has 0 aromatic heterocycles. The van der Waals surface area contributed by atoms with Crippen molar-refractivity contribution < 1.29 is 0 Å². The first-order valence-electron chi connectivity index (χ1n) is 9.42. The Bertz CT molecular complexity index is 989. The SMILES string of the molecule is CC(C)C1CSC(C=C(Nc2ccc3ccccc3c2)c2ccccc2)=N1. The van der Waals surface area contributed by atoms with Crippen LogP contribution in [0.15, 0.2) is 83.9 Å². The first kappa shape index (κ1) is 17.9. The molecule has 0 bridgehead atoms. The van der Waals surface area contributed by atoms with Crippen LogP contribution < -0.4 is 5.32 Å². The predicted molar refractivity (Wildman–Crippen MR) is 121 cm³/mol. The highest BCUT2D eigenvalue weighted by molar-refractivity contribution is 8.14. The molecule has 0 radical (unpaired) electrons. The fourth-order valence-electron chi connectivity index (χ4n) is 3.18. The standard InChI is InChI=1S/C24H24N2S/c1-17(2)23-16-27-24(26-23)15-22(19-9-4-3-5-10-19)25-21-13-12-18-8-6-7-11-20(18)14-21/h3-15,17,23,25H,16H2,1-2H3. The van der Waals surface area contributed by atoms with Gasteiger partial charge in [-0.15, -0.1) is 11.8 Å². The van der Waals surface area contributed by atoms with Crippen LogP contribution in [0.3, 0.4) is 0 Å². The van der Waals surface area contributed by atoms with Crippen molar-refractivity contribution in [2.24, 2.45) is 10.9 Å². The Morgan fingerprint density at radius 3 is 2.48 bits per heavy atom. The number of hydrogen-bond acceptors (Lipinski definition) is 3. The normalized spacial score (nSPS) is 17.4. The largest absolute Gasteiger partial charge is 0.355 e. The zero-order chi connectivity index (χ0) is 18.6. The molecule has 27 heavy (non-hydrogen) atoms. The average molecular weight is 373 g/mol. The van der Waals surface area contributed by atoms with Crippen molar-refractivity contribution in [3.8, 4) is 0 Å². The highest BCUT2D eigenvalue weighted by atomic mass is 32.2. The highest BCUT2D eigenvalue weighted by Crippen LogP contribution is 2.28. The molecular weight excluding hydrogens is 348 g/mol. The second-order valence-electron chi connectivity index (χ2n) is 7.20. The van der Waals surface area contributed by atoms with Crippen LogP contribution in [0.4, 0.5) is 5.69 Å². The molecule has 3 aromatic rings. The summed E-state index contributed by atoms with van der Waals surface area (Å²) in [6.07, 6.45) is 2.19. The molecule has 0 aliphatic carbocycles. The van der Waals surface area contributed by atoms with Gasteiger partial charge < -0.3 is 5.32 Å². The van der Waals surface area contributed by atoms with Crippen molar-refractivity contribution in [2.45, 2.75) is 19.9 Å². The van der Waals surface area contributed by atoms with E-state index in [4.69, 9.17) is 4.99 Å². The quantitative estimate of drug-likeness (QED) is 0.555. The third-order valence-corrected chi connectivity index (χ3v) is 5.87. The minimum Gasteiger partial charge on any atom is -0.355 e. The van der Waals surface area contributed by atoms with Gasteiger partial charge in [0.2, 0.25) is 0 Å². The number of fused-ring (bicyclic) bond motifs is 1. The molecule has 1 heterocycles. The van der Waals surface area contributed by atoms with Gasteiger partial charge >= 0.3 is 0 Å². The van der Waals surface area contributed by atoms with E-state index in [-0.39, 0.29) is 0 Å². The molecule has 0 amide bonds. The van der Waals surface area contributed by atoms with Gasteiger partial charge in [-0.25, -0.2) is 0 Å². The summed E-state index contributed by atoms with van der Waals surface area (Å²) in [5.74, 6) is 1.65. The molecule has 0 saturated carbocycles. The van der Waals surface area contributed by atoms with Crippen molar-refractivity contribution in [3.05, 3.63) is 84.4 Å². The number of nitrogens with zero attached hydrogens (tertiary/aromatic N) is 1. The molecule has 1 aliphatic rings. The lowest BCUT2D eigenvalue weighted by Crippen LogP contribution is -2.11. The van der Waals surface area contributed by atoms with Gasteiger partial charge in [-0.3, -0.25) is 4.99 Å². The molecule has 3 aromatic carbocycles. The van der Waals surface area contributed by atoms with Crippen LogP contribution >= 0.6 is 11.8 Å². The number of thioether (sulfide) groups is 1. The Kier molecular flexibility index (Phi) is 5.30. The van der Waals surface area contributed by atoms with E-state index in [0.717, 1.165) is 22.2 Å². The molecule has 136 valence electrons. The van der Waals surface area contributed by atoms with Crippen LogP contribution in [-0.2, 0) is 0 Å². The lowest BCUT2D eigenvalue weighted by Gasteiger charge is -2.13. The Labute approximate surface area is 165 Å². The van der Waals surface area contributed by atoms with E-state index >= 15 is 0 Å². The lowest BCUT2D eigenvalue weighted by atomic mass is 10.1. The van der Waals surface area contributed by atoms with Crippen LogP contribution in [0.2, 0.25) is 0 Å². The summed E-state index contributed by atoms with van der Waals surface area (Å²) in [7, 11) is 0. The molecule has 4 rings (SSSR count). The minimum atomic E-state index is 0.416. The van der Waals surface area contributed by atoms with Crippen molar-refractivity contribution in [1.82, 2.24) is 0 Å². The molecule has 2 nitrogen and oxygen atoms in total. The first-order chi connectivity index (χ1) is 13.2. The minimum absolute atomic E-state index is 0.416. The summed E-state index contributed by atoms with van der Waals surface area (Å²) in [5.41, 5.74) is 3.34. The molecule has 3 heteroatoms. The van der Waals surface area contributed by atoms with Crippen LogP contribution in [-0.4, -0.2) is 16.8 Å². The van der Waals surface area contributed by atoms with Gasteiger partial charge in [-0.2, -0.15) is 0 Å². The summed E-state index contributed by atoms with van der Waals surface area (Å²) < 4.78 is 0. The second-order valence-corrected chi connectivity index (χ2v) is 8.24. The van der Waals surface area contributed by atoms with Gasteiger partial charge in [0.15, 0.2) is 0 Å². The number of benzene rings is 3. The Balaban J connectivity index is 1.68. The van der Waals surface area contributed by atoms with E-state index in [9.17, 15) is 0 Å². The maximum atomic E-state index is 4.91. The maximum absolute atomic E-state index is 4.91. The average Bonchev–Trinajstić information content (AvgIpc) is 3.17. The summed E-state index contributed by atoms with van der Waals surface area (Å²) in [6, 6.07) is 25.8. The van der Waals surface area contributed by atoms with Gasteiger partial charge in [0.25, 0.3) is 0 Å². The third-order valence-electron chi connectivity index (χ3n) is 4.85. The topological polar surface area (TPSA) is 24.4 Å². The Morgan fingerprint density at radius 2 is 1.74 bits per heavy atom. The number of hydrogen-bond donors (Lipinski definition) is 1. The number of anilines is 1. The zero-order valence-electron chi connectivity index (χ0n) is 15.7. The van der Waals surface area contributed by atoms with E-state index in [1.807, 2.05) is 17.8 Å². The van der Waals surface area contributed by atoms with E-state index < -0.39 is 0 Å². The number of aliphatic imine (C=N–C) groups is 1. The molecule has 0 spiro atoms. The molecule has 1 N–H and O–H groups in total. The third kappa shape index (κ3) is 4.25. The van der Waals surface area contributed by atoms with Crippen LogP contribution in [0.25, 0.3) is 16.5 Å². The molecule has 0 saturated heterocycles. The first-order valence-corrected chi connectivity index (χ1v) is 10.4. The van der Waals surface area contributed by atoms with Crippen molar-refractivity contribution in [3.63, 3.8) is 0 Å². The maximum Gasteiger partial charge on any atom is 0.0929 e. The second kappa shape index (κ2) is 8.01. The van der Waals surface area contributed by atoms with Crippen molar-refractivity contribution in [1.29, 1.82) is 0 Å². The van der Waals surface area contributed by atoms with Crippen LogP contribution in [0, 0.1) is 5.92 Å². The Morgan fingerprint density at radius 1 is 1.00 bits per heavy atom. The molecule has 0 fully saturated rings. The van der Waals surface area contributed by atoms with Gasteiger partial charge in [0.1, 0.15) is 0 Å². The number of nitrogens with one attached hydrogen (secondary N) is 1. The van der Waals surface area contributed by atoms with Gasteiger partial charge in [-0.05, 0) is 40.5 Å². The molecule has 1 aliphatic heterocycles. The number of rotatable bonds is 5. The monoisotopic (exact) mass is 372 g/mol. The smallest absolute Gasteiger partial charge is 0.0929 e. The Hall–Kier alpha value is -2.52. The van der Waals surface area contributed by atoms with Crippen LogP contribution in [0.1, 0.15) is 19.4 Å². The van der Waals surface area contributed by atoms with Crippen molar-refractivity contribution in [2.75, 3.05) is 11.1 Å².